The van der Waals surface area contributed by atoms with E-state index in [2.05, 4.69) is 84.6 Å². The molecule has 0 fully saturated rings. The Bertz CT molecular complexity index is 828. The summed E-state index contributed by atoms with van der Waals surface area (Å²) in [4.78, 5) is 6.03. The molecule has 0 saturated heterocycles. The van der Waals surface area contributed by atoms with Crippen LogP contribution in [0.3, 0.4) is 0 Å². The Hall–Kier alpha value is -2.60. The highest BCUT2D eigenvalue weighted by Crippen LogP contribution is 2.24. The second kappa shape index (κ2) is 8.39. The highest BCUT2D eigenvalue weighted by Gasteiger charge is 2.35. The number of aromatic nitrogens is 5. The Morgan fingerprint density at radius 2 is 1.78 bits per heavy atom. The third-order valence-electron chi connectivity index (χ3n) is 5.31. The summed E-state index contributed by atoms with van der Waals surface area (Å²) >= 11 is 0. The zero-order chi connectivity index (χ0) is 19.3. The highest BCUT2D eigenvalue weighted by atomic mass is 15.6. The molecule has 3 aromatic rings. The van der Waals surface area contributed by atoms with Crippen LogP contribution in [0.5, 0.6) is 0 Å². The number of quaternary nitrogens is 1. The van der Waals surface area contributed by atoms with Crippen molar-refractivity contribution >= 4 is 0 Å². The van der Waals surface area contributed by atoms with Gasteiger partial charge in [0.15, 0.2) is 6.04 Å². The number of rotatable bonds is 8. The van der Waals surface area contributed by atoms with E-state index in [1.54, 1.807) is 0 Å². The first-order valence-electron chi connectivity index (χ1n) is 9.65. The Morgan fingerprint density at radius 1 is 1.04 bits per heavy atom. The fraction of sp³-hybridized carbons (Fsp3) is 0.429. The van der Waals surface area contributed by atoms with E-state index in [9.17, 15) is 0 Å². The molecule has 0 aliphatic carbocycles. The molecule has 1 aromatic carbocycles. The van der Waals surface area contributed by atoms with Crippen LogP contribution in [0.15, 0.2) is 54.7 Å². The van der Waals surface area contributed by atoms with Gasteiger partial charge in [0.25, 0.3) is 0 Å². The molecule has 0 amide bonds. The fourth-order valence-corrected chi connectivity index (χ4v) is 3.31. The SMILES string of the molecule is CC[NH+](Cc1ccccc1)[C@H](c1ccccn1)c1nnnn1C(C)(C)CC. The Kier molecular flexibility index (Phi) is 5.96. The lowest BCUT2D eigenvalue weighted by atomic mass is 10.0. The molecule has 0 bridgehead atoms. The Balaban J connectivity index is 2.06. The number of hydrogen-bond acceptors (Lipinski definition) is 4. The van der Waals surface area contributed by atoms with E-state index in [1.165, 1.54) is 10.5 Å². The summed E-state index contributed by atoms with van der Waals surface area (Å²) in [6.45, 7) is 10.5. The molecule has 0 aliphatic rings. The fourth-order valence-electron chi connectivity index (χ4n) is 3.31. The summed E-state index contributed by atoms with van der Waals surface area (Å²) in [5.41, 5.74) is 2.13. The molecule has 0 saturated carbocycles. The topological polar surface area (TPSA) is 60.9 Å². The van der Waals surface area contributed by atoms with Crippen LogP contribution in [0.1, 0.15) is 57.2 Å². The van der Waals surface area contributed by atoms with Crippen molar-refractivity contribution in [3.63, 3.8) is 0 Å². The van der Waals surface area contributed by atoms with Crippen LogP contribution < -0.4 is 4.90 Å². The van der Waals surface area contributed by atoms with Crippen LogP contribution in [0, 0.1) is 0 Å². The number of tetrazole rings is 1. The molecule has 27 heavy (non-hydrogen) atoms. The van der Waals surface area contributed by atoms with E-state index in [0.717, 1.165) is 31.0 Å². The van der Waals surface area contributed by atoms with Crippen molar-refractivity contribution in [2.24, 2.45) is 0 Å². The summed E-state index contributed by atoms with van der Waals surface area (Å²) in [5.74, 6) is 0.869. The summed E-state index contributed by atoms with van der Waals surface area (Å²) in [5, 5.41) is 12.8. The van der Waals surface area contributed by atoms with Gasteiger partial charge in [-0.3, -0.25) is 4.98 Å². The molecule has 0 aliphatic heterocycles. The maximum Gasteiger partial charge on any atom is 0.216 e. The average molecular weight is 366 g/mol. The first kappa shape index (κ1) is 19.2. The van der Waals surface area contributed by atoms with Crippen LogP contribution >= 0.6 is 0 Å². The van der Waals surface area contributed by atoms with Gasteiger partial charge >= 0.3 is 0 Å². The molecular formula is C21H29N6+. The van der Waals surface area contributed by atoms with Crippen molar-refractivity contribution < 1.29 is 4.90 Å². The van der Waals surface area contributed by atoms with Gasteiger partial charge in [0.1, 0.15) is 12.2 Å². The predicted molar refractivity (Wildman–Crippen MR) is 105 cm³/mol. The molecule has 1 N–H and O–H groups in total. The van der Waals surface area contributed by atoms with Gasteiger partial charge in [-0.25, -0.2) is 4.68 Å². The highest BCUT2D eigenvalue weighted by molar-refractivity contribution is 5.16. The van der Waals surface area contributed by atoms with E-state index in [1.807, 2.05) is 23.0 Å². The van der Waals surface area contributed by atoms with Crippen molar-refractivity contribution in [3.8, 4) is 0 Å². The first-order valence-corrected chi connectivity index (χ1v) is 9.65. The van der Waals surface area contributed by atoms with E-state index in [4.69, 9.17) is 0 Å². The van der Waals surface area contributed by atoms with Crippen LogP contribution in [-0.2, 0) is 12.1 Å². The second-order valence-corrected chi connectivity index (χ2v) is 7.48. The maximum atomic E-state index is 4.66. The molecule has 6 heteroatoms. The van der Waals surface area contributed by atoms with Crippen LogP contribution in [0.25, 0.3) is 0 Å². The summed E-state index contributed by atoms with van der Waals surface area (Å²) in [7, 11) is 0. The number of nitrogens with one attached hydrogen (secondary N) is 1. The minimum absolute atomic E-state index is 0.0303. The first-order chi connectivity index (χ1) is 13.1. The van der Waals surface area contributed by atoms with Gasteiger partial charge in [0, 0.05) is 11.8 Å². The average Bonchev–Trinajstić information content (AvgIpc) is 3.19. The van der Waals surface area contributed by atoms with Crippen molar-refractivity contribution in [2.75, 3.05) is 6.54 Å². The van der Waals surface area contributed by atoms with Gasteiger partial charge in [-0.2, -0.15) is 0 Å². The molecule has 0 radical (unpaired) electrons. The lowest BCUT2D eigenvalue weighted by Crippen LogP contribution is -3.11. The number of pyridine rings is 1. The van der Waals surface area contributed by atoms with Crippen molar-refractivity contribution in [1.82, 2.24) is 25.2 Å². The van der Waals surface area contributed by atoms with Gasteiger partial charge in [-0.15, -0.1) is 5.10 Å². The molecular weight excluding hydrogens is 336 g/mol. The van der Waals surface area contributed by atoms with E-state index in [-0.39, 0.29) is 11.6 Å². The number of nitrogens with zero attached hydrogens (tertiary/aromatic N) is 5. The van der Waals surface area contributed by atoms with Crippen LogP contribution in [-0.4, -0.2) is 31.7 Å². The monoisotopic (exact) mass is 365 g/mol. The zero-order valence-corrected chi connectivity index (χ0v) is 16.6. The summed E-state index contributed by atoms with van der Waals surface area (Å²) in [6, 6.07) is 16.6. The molecule has 6 nitrogen and oxygen atoms in total. The zero-order valence-electron chi connectivity index (χ0n) is 16.6. The third-order valence-corrected chi connectivity index (χ3v) is 5.31. The number of hydrogen-bond donors (Lipinski definition) is 1. The minimum atomic E-state index is -0.155. The van der Waals surface area contributed by atoms with Crippen LogP contribution in [0.4, 0.5) is 0 Å². The smallest absolute Gasteiger partial charge is 0.216 e. The lowest BCUT2D eigenvalue weighted by molar-refractivity contribution is -0.938. The predicted octanol–water partition coefficient (Wildman–Crippen LogP) is 2.41. The molecule has 2 atom stereocenters. The van der Waals surface area contributed by atoms with Gasteiger partial charge in [0.05, 0.1) is 12.1 Å². The van der Waals surface area contributed by atoms with Gasteiger partial charge in [-0.1, -0.05) is 43.3 Å². The van der Waals surface area contributed by atoms with E-state index < -0.39 is 0 Å². The lowest BCUT2D eigenvalue weighted by Gasteiger charge is -2.30. The summed E-state index contributed by atoms with van der Waals surface area (Å²) < 4.78 is 1.98. The normalized spacial score (nSPS) is 14.1. The minimum Gasteiger partial charge on any atom is -0.317 e. The van der Waals surface area contributed by atoms with Gasteiger partial charge in [-0.05, 0) is 49.8 Å². The Morgan fingerprint density at radius 3 is 2.41 bits per heavy atom. The molecule has 3 rings (SSSR count). The quantitative estimate of drug-likeness (QED) is 0.666. The molecule has 2 aromatic heterocycles. The third kappa shape index (κ3) is 4.22. The maximum absolute atomic E-state index is 4.66. The Labute approximate surface area is 161 Å². The number of benzene rings is 1. The van der Waals surface area contributed by atoms with Crippen molar-refractivity contribution in [1.29, 1.82) is 0 Å². The van der Waals surface area contributed by atoms with E-state index >= 15 is 0 Å². The second-order valence-electron chi connectivity index (χ2n) is 7.48. The van der Waals surface area contributed by atoms with Crippen molar-refractivity contribution in [2.45, 2.75) is 52.2 Å². The largest absolute Gasteiger partial charge is 0.317 e. The molecule has 1 unspecified atom stereocenters. The molecule has 142 valence electrons. The van der Waals surface area contributed by atoms with E-state index in [0.29, 0.717) is 0 Å². The van der Waals surface area contributed by atoms with Gasteiger partial charge < -0.3 is 4.90 Å². The van der Waals surface area contributed by atoms with Crippen molar-refractivity contribution in [3.05, 3.63) is 71.8 Å². The van der Waals surface area contributed by atoms with Crippen LogP contribution in [0.2, 0.25) is 0 Å². The molecule has 2 heterocycles. The summed E-state index contributed by atoms with van der Waals surface area (Å²) in [6.07, 6.45) is 2.79. The molecule has 0 spiro atoms. The standard InChI is InChI=1S/C21H28N6/c1-5-21(3,4)27-20(23-24-25-27)19(18-14-10-11-15-22-18)26(6-2)16-17-12-8-7-9-13-17/h7-15,19H,5-6,16H2,1-4H3/p+1/t19-/m1/s1. The van der Waals surface area contributed by atoms with Gasteiger partial charge in [0.2, 0.25) is 5.82 Å².